The second kappa shape index (κ2) is 8.20. The van der Waals surface area contributed by atoms with E-state index in [2.05, 4.69) is 31.2 Å². The van der Waals surface area contributed by atoms with Gasteiger partial charge in [-0.2, -0.15) is 0 Å². The van der Waals surface area contributed by atoms with Crippen molar-refractivity contribution in [1.29, 1.82) is 0 Å². The van der Waals surface area contributed by atoms with E-state index in [-0.39, 0.29) is 24.9 Å². The number of ether oxygens (including phenoxy) is 2. The van der Waals surface area contributed by atoms with Gasteiger partial charge in [0.2, 0.25) is 0 Å². The van der Waals surface area contributed by atoms with Gasteiger partial charge in [-0.05, 0) is 24.8 Å². The highest BCUT2D eigenvalue weighted by Crippen LogP contribution is 2.20. The second-order valence-corrected chi connectivity index (χ2v) is 5.17. The maximum Gasteiger partial charge on any atom is 0.0875 e. The van der Waals surface area contributed by atoms with Gasteiger partial charge < -0.3 is 14.6 Å². The SMILES string of the molecule is CC[C@H]1O[C@@H](CO)C/C=C\C[C@H]1OCc1ccccc1. The fourth-order valence-electron chi connectivity index (χ4n) is 2.45. The zero-order valence-electron chi connectivity index (χ0n) is 12.1. The summed E-state index contributed by atoms with van der Waals surface area (Å²) in [5, 5.41) is 9.32. The number of hydrogen-bond donors (Lipinski definition) is 1. The van der Waals surface area contributed by atoms with Gasteiger partial charge in [-0.1, -0.05) is 49.4 Å². The van der Waals surface area contributed by atoms with Crippen LogP contribution in [0, 0.1) is 0 Å². The summed E-state index contributed by atoms with van der Waals surface area (Å²) in [6, 6.07) is 10.2. The minimum absolute atomic E-state index is 0.0424. The molecule has 0 aromatic heterocycles. The molecule has 0 bridgehead atoms. The summed E-state index contributed by atoms with van der Waals surface area (Å²) in [4.78, 5) is 0. The molecule has 1 aliphatic heterocycles. The zero-order chi connectivity index (χ0) is 14.2. The first-order valence-electron chi connectivity index (χ1n) is 7.40. The summed E-state index contributed by atoms with van der Waals surface area (Å²) in [5.74, 6) is 0. The third-order valence-electron chi connectivity index (χ3n) is 3.63. The highest BCUT2D eigenvalue weighted by molar-refractivity contribution is 5.13. The van der Waals surface area contributed by atoms with Gasteiger partial charge in [-0.25, -0.2) is 0 Å². The Kier molecular flexibility index (Phi) is 6.25. The Hall–Kier alpha value is -1.16. The van der Waals surface area contributed by atoms with E-state index in [9.17, 15) is 5.11 Å². The highest BCUT2D eigenvalue weighted by atomic mass is 16.6. The molecular weight excluding hydrogens is 252 g/mol. The van der Waals surface area contributed by atoms with Crippen LogP contribution in [0.4, 0.5) is 0 Å². The van der Waals surface area contributed by atoms with Gasteiger partial charge in [-0.3, -0.25) is 0 Å². The first kappa shape index (κ1) is 15.2. The third-order valence-corrected chi connectivity index (χ3v) is 3.63. The van der Waals surface area contributed by atoms with Crippen LogP contribution >= 0.6 is 0 Å². The van der Waals surface area contributed by atoms with Crippen molar-refractivity contribution in [2.75, 3.05) is 6.61 Å². The van der Waals surface area contributed by atoms with E-state index in [4.69, 9.17) is 9.47 Å². The number of rotatable bonds is 5. The predicted octanol–water partition coefficient (Wildman–Crippen LogP) is 3.08. The molecular formula is C17H24O3. The van der Waals surface area contributed by atoms with Crippen molar-refractivity contribution < 1.29 is 14.6 Å². The Bertz CT molecular complexity index is 402. The molecule has 0 fully saturated rings. The van der Waals surface area contributed by atoms with Crippen molar-refractivity contribution in [3.05, 3.63) is 48.0 Å². The van der Waals surface area contributed by atoms with Gasteiger partial charge in [0.15, 0.2) is 0 Å². The molecule has 1 N–H and O–H groups in total. The lowest BCUT2D eigenvalue weighted by Gasteiger charge is -2.30. The zero-order valence-corrected chi connectivity index (χ0v) is 12.1. The third kappa shape index (κ3) is 4.44. The average Bonchev–Trinajstić information content (AvgIpc) is 2.48. The van der Waals surface area contributed by atoms with Crippen LogP contribution in [0.5, 0.6) is 0 Å². The Balaban J connectivity index is 1.96. The Morgan fingerprint density at radius 1 is 1.20 bits per heavy atom. The summed E-state index contributed by atoms with van der Waals surface area (Å²) < 4.78 is 12.0. The maximum atomic E-state index is 9.32. The highest BCUT2D eigenvalue weighted by Gasteiger charge is 2.25. The summed E-state index contributed by atoms with van der Waals surface area (Å²) in [7, 11) is 0. The van der Waals surface area contributed by atoms with Gasteiger partial charge in [0.25, 0.3) is 0 Å². The molecule has 0 radical (unpaired) electrons. The van der Waals surface area contributed by atoms with E-state index in [1.165, 1.54) is 5.56 Å². The van der Waals surface area contributed by atoms with Gasteiger partial charge in [0, 0.05) is 0 Å². The Labute approximate surface area is 121 Å². The number of aliphatic hydroxyl groups excluding tert-OH is 1. The molecule has 0 saturated heterocycles. The van der Waals surface area contributed by atoms with Crippen molar-refractivity contribution >= 4 is 0 Å². The molecule has 1 aromatic rings. The first-order chi connectivity index (χ1) is 9.83. The molecule has 3 heteroatoms. The van der Waals surface area contributed by atoms with E-state index in [0.717, 1.165) is 19.3 Å². The van der Waals surface area contributed by atoms with Crippen molar-refractivity contribution in [3.8, 4) is 0 Å². The van der Waals surface area contributed by atoms with Gasteiger partial charge in [0.1, 0.15) is 0 Å². The quantitative estimate of drug-likeness (QED) is 0.840. The molecule has 0 spiro atoms. The van der Waals surface area contributed by atoms with Gasteiger partial charge >= 0.3 is 0 Å². The molecule has 2 rings (SSSR count). The molecule has 1 aromatic carbocycles. The van der Waals surface area contributed by atoms with Crippen LogP contribution in [0.1, 0.15) is 31.7 Å². The van der Waals surface area contributed by atoms with Crippen molar-refractivity contribution in [1.82, 2.24) is 0 Å². The van der Waals surface area contributed by atoms with Crippen LogP contribution in [-0.4, -0.2) is 30.0 Å². The minimum atomic E-state index is -0.112. The van der Waals surface area contributed by atoms with Crippen LogP contribution in [-0.2, 0) is 16.1 Å². The maximum absolute atomic E-state index is 9.32. The molecule has 1 heterocycles. The van der Waals surface area contributed by atoms with Crippen molar-refractivity contribution in [3.63, 3.8) is 0 Å². The van der Waals surface area contributed by atoms with E-state index in [0.29, 0.717) is 6.61 Å². The van der Waals surface area contributed by atoms with E-state index < -0.39 is 0 Å². The van der Waals surface area contributed by atoms with E-state index in [1.807, 2.05) is 18.2 Å². The first-order valence-corrected chi connectivity index (χ1v) is 7.40. The van der Waals surface area contributed by atoms with Crippen molar-refractivity contribution in [2.45, 2.75) is 51.1 Å². The number of aliphatic hydroxyl groups is 1. The van der Waals surface area contributed by atoms with Gasteiger partial charge in [-0.15, -0.1) is 0 Å². The standard InChI is InChI=1S/C17H24O3/c1-2-16-17(11-7-6-10-15(12-18)20-16)19-13-14-8-4-3-5-9-14/h3-9,15-18H,2,10-13H2,1H3/b7-6-/t15-,16-,17-/m1/s1. The van der Waals surface area contributed by atoms with Crippen LogP contribution in [0.2, 0.25) is 0 Å². The molecule has 3 nitrogen and oxygen atoms in total. The number of hydrogen-bond acceptors (Lipinski definition) is 3. The summed E-state index contributed by atoms with van der Waals surface area (Å²) in [6.45, 7) is 2.76. The van der Waals surface area contributed by atoms with E-state index in [1.54, 1.807) is 0 Å². The monoisotopic (exact) mass is 276 g/mol. The summed E-state index contributed by atoms with van der Waals surface area (Å²) >= 11 is 0. The molecule has 1 aliphatic rings. The lowest BCUT2D eigenvalue weighted by Crippen LogP contribution is -2.36. The largest absolute Gasteiger partial charge is 0.394 e. The fourth-order valence-corrected chi connectivity index (χ4v) is 2.45. The molecule has 110 valence electrons. The molecule has 3 atom stereocenters. The van der Waals surface area contributed by atoms with Gasteiger partial charge in [0.05, 0.1) is 31.5 Å². The van der Waals surface area contributed by atoms with Crippen LogP contribution in [0.25, 0.3) is 0 Å². The summed E-state index contributed by atoms with van der Waals surface area (Å²) in [5.41, 5.74) is 1.17. The fraction of sp³-hybridized carbons (Fsp3) is 0.529. The van der Waals surface area contributed by atoms with Crippen molar-refractivity contribution in [2.24, 2.45) is 0 Å². The lowest BCUT2D eigenvalue weighted by atomic mass is 10.0. The number of benzene rings is 1. The Morgan fingerprint density at radius 2 is 1.95 bits per heavy atom. The molecule has 20 heavy (non-hydrogen) atoms. The minimum Gasteiger partial charge on any atom is -0.394 e. The second-order valence-electron chi connectivity index (χ2n) is 5.17. The van der Waals surface area contributed by atoms with Crippen LogP contribution in [0.15, 0.2) is 42.5 Å². The van der Waals surface area contributed by atoms with E-state index >= 15 is 0 Å². The molecule has 0 aliphatic carbocycles. The summed E-state index contributed by atoms with van der Waals surface area (Å²) in [6.07, 6.45) is 6.73. The Morgan fingerprint density at radius 3 is 2.65 bits per heavy atom. The normalized spacial score (nSPS) is 28.6. The lowest BCUT2D eigenvalue weighted by molar-refractivity contribution is -0.118. The molecule has 0 amide bonds. The predicted molar refractivity (Wildman–Crippen MR) is 79.4 cm³/mol. The smallest absolute Gasteiger partial charge is 0.0875 e. The topological polar surface area (TPSA) is 38.7 Å². The molecule has 0 unspecified atom stereocenters. The van der Waals surface area contributed by atoms with Crippen LogP contribution < -0.4 is 0 Å². The molecule has 0 saturated carbocycles. The average molecular weight is 276 g/mol. The van der Waals surface area contributed by atoms with Crippen LogP contribution in [0.3, 0.4) is 0 Å².